The molecule has 0 saturated carbocycles. The molecule has 1 aliphatic rings. The Hall–Kier alpha value is -1.06. The number of carbonyl (C=O) groups excluding carboxylic acids is 1. The molecule has 0 radical (unpaired) electrons. The Kier molecular flexibility index (Phi) is 7.03. The van der Waals surface area contributed by atoms with E-state index in [0.717, 1.165) is 44.3 Å². The highest BCUT2D eigenvalue weighted by Crippen LogP contribution is 2.34. The lowest BCUT2D eigenvalue weighted by Crippen LogP contribution is -2.46. The summed E-state index contributed by atoms with van der Waals surface area (Å²) in [5, 5.41) is 3.32. The number of hydrogen-bond acceptors (Lipinski definition) is 3. The number of hydrogen-bond donors (Lipinski definition) is 1. The van der Waals surface area contributed by atoms with Crippen LogP contribution in [0.4, 0.5) is 0 Å². The predicted molar refractivity (Wildman–Crippen MR) is 83.3 cm³/mol. The summed E-state index contributed by atoms with van der Waals surface area (Å²) >= 11 is 0. The van der Waals surface area contributed by atoms with Crippen LogP contribution in [0.2, 0.25) is 0 Å². The maximum Gasteiger partial charge on any atom is 0.316 e. The molecule has 0 aliphatic carbocycles. The number of carbonyl (C=O) groups is 1. The third kappa shape index (κ3) is 3.74. The molecular formula is C16H24ClNO2. The maximum atomic E-state index is 12.5. The summed E-state index contributed by atoms with van der Waals surface area (Å²) in [6.07, 6.45) is 3.63. The second kappa shape index (κ2) is 8.28. The van der Waals surface area contributed by atoms with Crippen LogP contribution in [0.1, 0.15) is 38.2 Å². The fourth-order valence-electron chi connectivity index (χ4n) is 2.67. The summed E-state index contributed by atoms with van der Waals surface area (Å²) in [5.74, 6) is -0.0475. The molecule has 0 unspecified atom stereocenters. The fraction of sp³-hybridized carbons (Fsp3) is 0.562. The third-order valence-corrected chi connectivity index (χ3v) is 3.91. The first-order chi connectivity index (χ1) is 9.29. The van der Waals surface area contributed by atoms with E-state index in [1.54, 1.807) is 0 Å². The van der Waals surface area contributed by atoms with Gasteiger partial charge in [-0.05, 0) is 37.9 Å². The Labute approximate surface area is 127 Å². The van der Waals surface area contributed by atoms with Crippen molar-refractivity contribution in [3.05, 3.63) is 35.9 Å². The van der Waals surface area contributed by atoms with Crippen LogP contribution in [-0.2, 0) is 14.9 Å². The summed E-state index contributed by atoms with van der Waals surface area (Å²) in [6, 6.07) is 10.1. The zero-order valence-corrected chi connectivity index (χ0v) is 12.9. The second-order valence-electron chi connectivity index (χ2n) is 5.19. The molecule has 0 spiro atoms. The average Bonchev–Trinajstić information content (AvgIpc) is 2.49. The smallest absolute Gasteiger partial charge is 0.316 e. The van der Waals surface area contributed by atoms with Crippen LogP contribution in [0.3, 0.4) is 0 Å². The first-order valence-corrected chi connectivity index (χ1v) is 7.23. The predicted octanol–water partition coefficient (Wildman–Crippen LogP) is 3.07. The van der Waals surface area contributed by atoms with Crippen molar-refractivity contribution >= 4 is 18.4 Å². The summed E-state index contributed by atoms with van der Waals surface area (Å²) in [6.45, 7) is 4.39. The van der Waals surface area contributed by atoms with Gasteiger partial charge in [0, 0.05) is 0 Å². The molecule has 0 bridgehead atoms. The van der Waals surface area contributed by atoms with Crippen molar-refractivity contribution in [1.82, 2.24) is 5.32 Å². The zero-order chi connectivity index (χ0) is 13.6. The normalized spacial score (nSPS) is 17.1. The lowest BCUT2D eigenvalue weighted by atomic mass is 9.73. The second-order valence-corrected chi connectivity index (χ2v) is 5.19. The molecule has 1 fully saturated rings. The van der Waals surface area contributed by atoms with E-state index in [1.807, 2.05) is 30.3 Å². The van der Waals surface area contributed by atoms with Crippen LogP contribution in [0.25, 0.3) is 0 Å². The molecule has 1 N–H and O–H groups in total. The molecule has 20 heavy (non-hydrogen) atoms. The van der Waals surface area contributed by atoms with E-state index in [0.29, 0.717) is 6.61 Å². The van der Waals surface area contributed by atoms with E-state index < -0.39 is 5.41 Å². The quantitative estimate of drug-likeness (QED) is 0.670. The molecule has 2 rings (SSSR count). The highest BCUT2D eigenvalue weighted by atomic mass is 35.5. The maximum absolute atomic E-state index is 12.5. The number of nitrogens with one attached hydrogen (secondary N) is 1. The largest absolute Gasteiger partial charge is 0.465 e. The van der Waals surface area contributed by atoms with Crippen LogP contribution < -0.4 is 5.32 Å². The van der Waals surface area contributed by atoms with E-state index in [9.17, 15) is 4.79 Å². The van der Waals surface area contributed by atoms with Crippen molar-refractivity contribution in [1.29, 1.82) is 0 Å². The van der Waals surface area contributed by atoms with E-state index in [-0.39, 0.29) is 18.4 Å². The minimum absolute atomic E-state index is 0. The van der Waals surface area contributed by atoms with Crippen LogP contribution in [0, 0.1) is 0 Å². The first kappa shape index (κ1) is 17.0. The number of ether oxygens (including phenoxy) is 1. The van der Waals surface area contributed by atoms with Gasteiger partial charge in [0.1, 0.15) is 0 Å². The Bertz CT molecular complexity index is 402. The van der Waals surface area contributed by atoms with Gasteiger partial charge in [0.05, 0.1) is 12.0 Å². The molecule has 1 aromatic carbocycles. The van der Waals surface area contributed by atoms with Gasteiger partial charge in [0.25, 0.3) is 0 Å². The van der Waals surface area contributed by atoms with Crippen LogP contribution >= 0.6 is 12.4 Å². The minimum Gasteiger partial charge on any atom is -0.465 e. The van der Waals surface area contributed by atoms with Gasteiger partial charge in [0.15, 0.2) is 0 Å². The third-order valence-electron chi connectivity index (χ3n) is 3.91. The summed E-state index contributed by atoms with van der Waals surface area (Å²) in [4.78, 5) is 12.5. The monoisotopic (exact) mass is 297 g/mol. The van der Waals surface area contributed by atoms with Crippen molar-refractivity contribution < 1.29 is 9.53 Å². The van der Waals surface area contributed by atoms with Crippen LogP contribution in [-0.4, -0.2) is 25.7 Å². The van der Waals surface area contributed by atoms with Gasteiger partial charge in [-0.15, -0.1) is 12.4 Å². The van der Waals surface area contributed by atoms with E-state index in [1.165, 1.54) is 0 Å². The van der Waals surface area contributed by atoms with Gasteiger partial charge in [-0.3, -0.25) is 4.79 Å². The van der Waals surface area contributed by atoms with Crippen molar-refractivity contribution in [2.75, 3.05) is 19.7 Å². The molecule has 1 aliphatic heterocycles. The van der Waals surface area contributed by atoms with Crippen molar-refractivity contribution in [2.24, 2.45) is 0 Å². The number of halogens is 1. The van der Waals surface area contributed by atoms with Crippen molar-refractivity contribution in [3.8, 4) is 0 Å². The van der Waals surface area contributed by atoms with Crippen molar-refractivity contribution in [3.63, 3.8) is 0 Å². The van der Waals surface area contributed by atoms with E-state index in [4.69, 9.17) is 4.74 Å². The number of benzene rings is 1. The molecule has 1 aromatic rings. The van der Waals surface area contributed by atoms with Crippen LogP contribution in [0.5, 0.6) is 0 Å². The highest BCUT2D eigenvalue weighted by Gasteiger charge is 2.42. The van der Waals surface area contributed by atoms with E-state index >= 15 is 0 Å². The van der Waals surface area contributed by atoms with Gasteiger partial charge in [0.2, 0.25) is 0 Å². The Morgan fingerprint density at radius 3 is 2.50 bits per heavy atom. The molecule has 1 saturated heterocycles. The molecule has 4 heteroatoms. The topological polar surface area (TPSA) is 38.3 Å². The molecular weight excluding hydrogens is 274 g/mol. The molecule has 3 nitrogen and oxygen atoms in total. The average molecular weight is 298 g/mol. The molecule has 1 heterocycles. The summed E-state index contributed by atoms with van der Waals surface area (Å²) < 4.78 is 5.51. The SMILES string of the molecule is CCCCOC(=O)C1(c2ccccc2)CCNCC1.Cl. The van der Waals surface area contributed by atoms with Crippen molar-refractivity contribution in [2.45, 2.75) is 38.0 Å². The lowest BCUT2D eigenvalue weighted by molar-refractivity contribution is -0.152. The Morgan fingerprint density at radius 1 is 1.25 bits per heavy atom. The fourth-order valence-corrected chi connectivity index (χ4v) is 2.67. The van der Waals surface area contributed by atoms with Gasteiger partial charge in [-0.1, -0.05) is 43.7 Å². The van der Waals surface area contributed by atoms with Gasteiger partial charge < -0.3 is 10.1 Å². The summed E-state index contributed by atoms with van der Waals surface area (Å²) in [5.41, 5.74) is 0.651. The standard InChI is InChI=1S/C16H23NO2.ClH/c1-2-3-13-19-15(18)16(9-11-17-12-10-16)14-7-5-4-6-8-14;/h4-8,17H,2-3,9-13H2,1H3;1H. The van der Waals surface area contributed by atoms with E-state index in [2.05, 4.69) is 12.2 Å². The molecule has 0 atom stereocenters. The number of unbranched alkanes of at least 4 members (excludes halogenated alkanes) is 1. The molecule has 112 valence electrons. The lowest BCUT2D eigenvalue weighted by Gasteiger charge is -2.35. The Balaban J connectivity index is 0.00000200. The zero-order valence-electron chi connectivity index (χ0n) is 12.1. The number of piperidine rings is 1. The minimum atomic E-state index is -0.444. The van der Waals surface area contributed by atoms with Gasteiger partial charge >= 0.3 is 5.97 Å². The summed E-state index contributed by atoms with van der Waals surface area (Å²) in [7, 11) is 0. The number of rotatable bonds is 5. The molecule has 0 aromatic heterocycles. The van der Waals surface area contributed by atoms with Gasteiger partial charge in [-0.25, -0.2) is 0 Å². The highest BCUT2D eigenvalue weighted by molar-refractivity contribution is 5.85. The Morgan fingerprint density at radius 2 is 1.90 bits per heavy atom. The number of esters is 1. The first-order valence-electron chi connectivity index (χ1n) is 7.23. The van der Waals surface area contributed by atoms with Crippen LogP contribution in [0.15, 0.2) is 30.3 Å². The molecule has 0 amide bonds. The van der Waals surface area contributed by atoms with Gasteiger partial charge in [-0.2, -0.15) is 0 Å².